The molecule has 0 amide bonds. The summed E-state index contributed by atoms with van der Waals surface area (Å²) in [7, 11) is 1.75. The number of rotatable bonds is 4. The van der Waals surface area contributed by atoms with Gasteiger partial charge < -0.3 is 4.74 Å². The topological polar surface area (TPSA) is 9.23 Å². The highest BCUT2D eigenvalue weighted by Crippen LogP contribution is 2.16. The fourth-order valence-electron chi connectivity index (χ4n) is 1.34. The van der Waals surface area contributed by atoms with Crippen molar-refractivity contribution >= 4 is 6.08 Å². The third-order valence-corrected chi connectivity index (χ3v) is 2.40. The molecule has 1 nitrogen and oxygen atoms in total. The number of hydrogen-bond donors (Lipinski definition) is 0. The predicted octanol–water partition coefficient (Wildman–Crippen LogP) is 3.30. The van der Waals surface area contributed by atoms with Gasteiger partial charge in [0.25, 0.3) is 0 Å². The minimum Gasteiger partial charge on any atom is -0.378 e. The standard InChI is InChI=1S/C13H18O/c1-5-11-6-8-12(9-7-11)10-13(2,3)14-4/h5-9H,1,10H2,2-4H3. The molecule has 0 aliphatic carbocycles. The van der Waals surface area contributed by atoms with E-state index >= 15 is 0 Å². The molecular weight excluding hydrogens is 172 g/mol. The Labute approximate surface area is 86.4 Å². The van der Waals surface area contributed by atoms with Crippen molar-refractivity contribution in [2.75, 3.05) is 7.11 Å². The molecule has 0 N–H and O–H groups in total. The lowest BCUT2D eigenvalue weighted by molar-refractivity contribution is 0.0232. The summed E-state index contributed by atoms with van der Waals surface area (Å²) in [6.45, 7) is 7.91. The van der Waals surface area contributed by atoms with Crippen molar-refractivity contribution in [1.82, 2.24) is 0 Å². The van der Waals surface area contributed by atoms with Gasteiger partial charge in [0.15, 0.2) is 0 Å². The first-order valence-electron chi connectivity index (χ1n) is 4.84. The fraction of sp³-hybridized carbons (Fsp3) is 0.385. The molecule has 0 aromatic heterocycles. The van der Waals surface area contributed by atoms with Crippen LogP contribution >= 0.6 is 0 Å². The van der Waals surface area contributed by atoms with Crippen molar-refractivity contribution < 1.29 is 4.74 Å². The SMILES string of the molecule is C=Cc1ccc(CC(C)(C)OC)cc1. The van der Waals surface area contributed by atoms with E-state index in [0.29, 0.717) is 0 Å². The summed E-state index contributed by atoms with van der Waals surface area (Å²) < 4.78 is 5.38. The van der Waals surface area contributed by atoms with Gasteiger partial charge in [-0.05, 0) is 25.0 Å². The van der Waals surface area contributed by atoms with Gasteiger partial charge in [0, 0.05) is 13.5 Å². The van der Waals surface area contributed by atoms with Crippen LogP contribution in [-0.2, 0) is 11.2 Å². The van der Waals surface area contributed by atoms with Gasteiger partial charge in [0.05, 0.1) is 5.60 Å². The minimum absolute atomic E-state index is 0.0876. The van der Waals surface area contributed by atoms with E-state index in [0.717, 1.165) is 12.0 Å². The van der Waals surface area contributed by atoms with Crippen molar-refractivity contribution in [2.24, 2.45) is 0 Å². The Hall–Kier alpha value is -1.08. The normalized spacial score (nSPS) is 11.4. The van der Waals surface area contributed by atoms with E-state index < -0.39 is 0 Å². The molecule has 14 heavy (non-hydrogen) atoms. The Kier molecular flexibility index (Phi) is 3.48. The van der Waals surface area contributed by atoms with Crippen LogP contribution < -0.4 is 0 Å². The van der Waals surface area contributed by atoms with Crippen molar-refractivity contribution in [3.63, 3.8) is 0 Å². The van der Waals surface area contributed by atoms with Gasteiger partial charge >= 0.3 is 0 Å². The molecule has 0 heterocycles. The Morgan fingerprint density at radius 1 is 1.29 bits per heavy atom. The molecule has 0 saturated heterocycles. The maximum atomic E-state index is 5.38. The molecule has 0 aliphatic rings. The lowest BCUT2D eigenvalue weighted by Gasteiger charge is -2.22. The number of methoxy groups -OCH3 is 1. The van der Waals surface area contributed by atoms with E-state index in [9.17, 15) is 0 Å². The van der Waals surface area contributed by atoms with Crippen LogP contribution in [0.1, 0.15) is 25.0 Å². The quantitative estimate of drug-likeness (QED) is 0.708. The second-order valence-corrected chi connectivity index (χ2v) is 4.09. The van der Waals surface area contributed by atoms with Gasteiger partial charge in [-0.25, -0.2) is 0 Å². The van der Waals surface area contributed by atoms with E-state index in [-0.39, 0.29) is 5.60 Å². The summed E-state index contributed by atoms with van der Waals surface area (Å²) in [5.74, 6) is 0. The summed E-state index contributed by atoms with van der Waals surface area (Å²) in [6.07, 6.45) is 2.78. The molecule has 1 heteroatoms. The third-order valence-electron chi connectivity index (χ3n) is 2.40. The molecule has 0 unspecified atom stereocenters. The fourth-order valence-corrected chi connectivity index (χ4v) is 1.34. The van der Waals surface area contributed by atoms with Crippen molar-refractivity contribution in [3.05, 3.63) is 42.0 Å². The second-order valence-electron chi connectivity index (χ2n) is 4.09. The summed E-state index contributed by atoms with van der Waals surface area (Å²) in [4.78, 5) is 0. The summed E-state index contributed by atoms with van der Waals surface area (Å²) in [5, 5.41) is 0. The highest BCUT2D eigenvalue weighted by Gasteiger charge is 2.16. The van der Waals surface area contributed by atoms with Crippen molar-refractivity contribution in [2.45, 2.75) is 25.9 Å². The zero-order chi connectivity index (χ0) is 10.6. The van der Waals surface area contributed by atoms with Crippen LogP contribution in [0, 0.1) is 0 Å². The van der Waals surface area contributed by atoms with Crippen LogP contribution in [0.25, 0.3) is 6.08 Å². The zero-order valence-electron chi connectivity index (χ0n) is 9.21. The molecule has 0 aliphatic heterocycles. The number of benzene rings is 1. The van der Waals surface area contributed by atoms with E-state index in [1.54, 1.807) is 7.11 Å². The van der Waals surface area contributed by atoms with Crippen LogP contribution in [0.2, 0.25) is 0 Å². The van der Waals surface area contributed by atoms with E-state index in [1.807, 2.05) is 6.08 Å². The molecule has 0 spiro atoms. The monoisotopic (exact) mass is 190 g/mol. The van der Waals surface area contributed by atoms with Gasteiger partial charge in [-0.1, -0.05) is 36.9 Å². The molecule has 0 saturated carbocycles. The second kappa shape index (κ2) is 4.43. The third kappa shape index (κ3) is 3.00. The van der Waals surface area contributed by atoms with Crippen LogP contribution in [0.15, 0.2) is 30.8 Å². The first-order chi connectivity index (χ1) is 6.57. The molecule has 1 aromatic rings. The lowest BCUT2D eigenvalue weighted by Crippen LogP contribution is -2.25. The maximum Gasteiger partial charge on any atom is 0.0662 e. The lowest BCUT2D eigenvalue weighted by atomic mass is 9.97. The van der Waals surface area contributed by atoms with Gasteiger partial charge in [0.1, 0.15) is 0 Å². The van der Waals surface area contributed by atoms with Gasteiger partial charge in [-0.15, -0.1) is 0 Å². The first-order valence-corrected chi connectivity index (χ1v) is 4.84. The average Bonchev–Trinajstić information content (AvgIpc) is 2.19. The van der Waals surface area contributed by atoms with Crippen LogP contribution in [0.3, 0.4) is 0 Å². The summed E-state index contributed by atoms with van der Waals surface area (Å²) in [5.41, 5.74) is 2.36. The molecule has 1 aromatic carbocycles. The van der Waals surface area contributed by atoms with Crippen LogP contribution in [0.4, 0.5) is 0 Å². The van der Waals surface area contributed by atoms with Gasteiger partial charge in [0.2, 0.25) is 0 Å². The van der Waals surface area contributed by atoms with E-state index in [4.69, 9.17) is 4.74 Å². The molecular formula is C13H18O. The summed E-state index contributed by atoms with van der Waals surface area (Å²) in [6, 6.07) is 8.40. The first kappa shape index (κ1) is 11.0. The van der Waals surface area contributed by atoms with Crippen LogP contribution in [0.5, 0.6) is 0 Å². The smallest absolute Gasteiger partial charge is 0.0662 e. The van der Waals surface area contributed by atoms with Crippen molar-refractivity contribution in [3.8, 4) is 0 Å². The molecule has 0 bridgehead atoms. The largest absolute Gasteiger partial charge is 0.378 e. The van der Waals surface area contributed by atoms with E-state index in [2.05, 4.69) is 44.7 Å². The predicted molar refractivity (Wildman–Crippen MR) is 61.3 cm³/mol. The molecule has 0 fully saturated rings. The van der Waals surface area contributed by atoms with E-state index in [1.165, 1.54) is 5.56 Å². The Balaban J connectivity index is 2.73. The number of ether oxygens (including phenoxy) is 1. The maximum absolute atomic E-state index is 5.38. The minimum atomic E-state index is -0.0876. The Bertz CT molecular complexity index is 296. The van der Waals surface area contributed by atoms with Crippen LogP contribution in [-0.4, -0.2) is 12.7 Å². The molecule has 1 rings (SSSR count). The Morgan fingerprint density at radius 3 is 2.29 bits per heavy atom. The zero-order valence-corrected chi connectivity index (χ0v) is 9.21. The Morgan fingerprint density at radius 2 is 1.86 bits per heavy atom. The molecule has 0 radical (unpaired) electrons. The van der Waals surface area contributed by atoms with Crippen molar-refractivity contribution in [1.29, 1.82) is 0 Å². The molecule has 0 atom stereocenters. The molecule has 76 valence electrons. The average molecular weight is 190 g/mol. The summed E-state index contributed by atoms with van der Waals surface area (Å²) >= 11 is 0. The van der Waals surface area contributed by atoms with Gasteiger partial charge in [-0.3, -0.25) is 0 Å². The highest BCUT2D eigenvalue weighted by atomic mass is 16.5. The number of hydrogen-bond acceptors (Lipinski definition) is 1. The highest BCUT2D eigenvalue weighted by molar-refractivity contribution is 5.47. The van der Waals surface area contributed by atoms with Gasteiger partial charge in [-0.2, -0.15) is 0 Å².